The predicted molar refractivity (Wildman–Crippen MR) is 188 cm³/mol. The number of nitrogens with one attached hydrogen (secondary N) is 1. The normalized spacial score (nSPS) is 13.3. The number of ketones is 1. The van der Waals surface area contributed by atoms with Gasteiger partial charge in [0.05, 0.1) is 5.56 Å². The average Bonchev–Trinajstić information content (AvgIpc) is 2.97. The number of para-hydroxylation sites is 1. The van der Waals surface area contributed by atoms with Gasteiger partial charge in [0.25, 0.3) is 0 Å². The Morgan fingerprint density at radius 1 is 0.707 bits per heavy atom. The maximum atomic E-state index is 13.3. The summed E-state index contributed by atoms with van der Waals surface area (Å²) >= 11 is 0. The molecule has 2 rings (SSSR count). The lowest BCUT2D eigenvalue weighted by molar-refractivity contribution is -0.00514. The molecule has 0 spiro atoms. The molecule has 1 N–H and O–H groups in total. The molecule has 0 aromatic heterocycles. The molecule has 0 aliphatic heterocycles. The van der Waals surface area contributed by atoms with Crippen molar-refractivity contribution in [2.75, 3.05) is 6.54 Å². The van der Waals surface area contributed by atoms with Crippen molar-refractivity contribution in [3.63, 3.8) is 0 Å². The van der Waals surface area contributed by atoms with Crippen LogP contribution in [0.15, 0.2) is 54.6 Å². The largest absolute Gasteiger partial charge is 0.472 e. The van der Waals surface area contributed by atoms with E-state index in [0.717, 1.165) is 25.8 Å². The minimum Gasteiger partial charge on any atom is -0.472 e. The minimum absolute atomic E-state index is 0. The Morgan fingerprint density at radius 2 is 1.20 bits per heavy atom. The lowest BCUT2D eigenvalue weighted by atomic mass is 9.91. The van der Waals surface area contributed by atoms with Crippen molar-refractivity contribution in [2.24, 2.45) is 5.92 Å². The number of carbonyl (C=O) groups excluding carboxylic acids is 1. The highest BCUT2D eigenvalue weighted by molar-refractivity contribution is 14.0. The molecular weight excluding hydrogens is 617 g/mol. The van der Waals surface area contributed by atoms with E-state index in [1.54, 1.807) is 0 Å². The van der Waals surface area contributed by atoms with Gasteiger partial charge in [-0.05, 0) is 38.4 Å². The van der Waals surface area contributed by atoms with Gasteiger partial charge in [-0.25, -0.2) is 0 Å². The summed E-state index contributed by atoms with van der Waals surface area (Å²) in [6.45, 7) is 9.87. The molecule has 0 aliphatic carbocycles. The SMILES string of the molecule is CCCCCCCCCCCCCCCCC(C)C(C)(NCCCC)Oc1ccccc1C(=O)c1ccccc1.I. The minimum atomic E-state index is -0.529. The van der Waals surface area contributed by atoms with Gasteiger partial charge in [-0.3, -0.25) is 10.1 Å². The first-order valence-corrected chi connectivity index (χ1v) is 16.6. The van der Waals surface area contributed by atoms with E-state index in [4.69, 9.17) is 4.74 Å². The fourth-order valence-corrected chi connectivity index (χ4v) is 5.46. The van der Waals surface area contributed by atoms with Crippen molar-refractivity contribution in [1.29, 1.82) is 0 Å². The fourth-order valence-electron chi connectivity index (χ4n) is 5.46. The van der Waals surface area contributed by atoms with Crippen LogP contribution < -0.4 is 10.1 Å². The quantitative estimate of drug-likeness (QED) is 0.0520. The van der Waals surface area contributed by atoms with Crippen molar-refractivity contribution < 1.29 is 9.53 Å². The monoisotopic (exact) mass is 677 g/mol. The Morgan fingerprint density at radius 3 is 1.76 bits per heavy atom. The van der Waals surface area contributed by atoms with Gasteiger partial charge in [-0.15, -0.1) is 24.0 Å². The first kappa shape index (κ1) is 37.6. The van der Waals surface area contributed by atoms with E-state index in [9.17, 15) is 4.79 Å². The van der Waals surface area contributed by atoms with E-state index in [1.807, 2.05) is 54.6 Å². The Balaban J connectivity index is 0.00000840. The van der Waals surface area contributed by atoms with Crippen molar-refractivity contribution in [3.05, 3.63) is 65.7 Å². The highest BCUT2D eigenvalue weighted by Crippen LogP contribution is 2.31. The number of ether oxygens (including phenoxy) is 1. The average molecular weight is 678 g/mol. The highest BCUT2D eigenvalue weighted by atomic mass is 127. The number of benzene rings is 2. The van der Waals surface area contributed by atoms with Crippen LogP contribution in [0.2, 0.25) is 0 Å². The molecule has 41 heavy (non-hydrogen) atoms. The van der Waals surface area contributed by atoms with E-state index in [0.29, 0.717) is 22.8 Å². The highest BCUT2D eigenvalue weighted by Gasteiger charge is 2.33. The van der Waals surface area contributed by atoms with Crippen LogP contribution in [-0.4, -0.2) is 18.1 Å². The van der Waals surface area contributed by atoms with Gasteiger partial charge in [-0.1, -0.05) is 160 Å². The summed E-state index contributed by atoms with van der Waals surface area (Å²) < 4.78 is 6.72. The molecule has 0 heterocycles. The summed E-state index contributed by atoms with van der Waals surface area (Å²) in [4.78, 5) is 13.3. The van der Waals surface area contributed by atoms with Crippen LogP contribution in [0.1, 0.15) is 153 Å². The van der Waals surface area contributed by atoms with Crippen LogP contribution in [0.25, 0.3) is 0 Å². The Bertz CT molecular complexity index is 918. The summed E-state index contributed by atoms with van der Waals surface area (Å²) in [5, 5.41) is 3.72. The zero-order chi connectivity index (χ0) is 28.9. The third-order valence-corrected chi connectivity index (χ3v) is 8.43. The van der Waals surface area contributed by atoms with Crippen molar-refractivity contribution in [2.45, 2.75) is 143 Å². The van der Waals surface area contributed by atoms with E-state index < -0.39 is 5.72 Å². The maximum absolute atomic E-state index is 13.3. The maximum Gasteiger partial charge on any atom is 0.196 e. The lowest BCUT2D eigenvalue weighted by Gasteiger charge is -2.38. The predicted octanol–water partition coefficient (Wildman–Crippen LogP) is 11.5. The van der Waals surface area contributed by atoms with Crippen LogP contribution in [0.3, 0.4) is 0 Å². The molecule has 3 nitrogen and oxygen atoms in total. The topological polar surface area (TPSA) is 38.3 Å². The number of hydrogen-bond acceptors (Lipinski definition) is 3. The Kier molecular flexibility index (Phi) is 21.2. The first-order chi connectivity index (χ1) is 19.5. The summed E-state index contributed by atoms with van der Waals surface area (Å²) in [6.07, 6.45) is 22.7. The van der Waals surface area contributed by atoms with Crippen LogP contribution in [0.5, 0.6) is 5.75 Å². The molecule has 2 unspecified atom stereocenters. The van der Waals surface area contributed by atoms with Gasteiger partial charge in [0, 0.05) is 11.5 Å². The molecule has 0 bridgehead atoms. The fraction of sp³-hybridized carbons (Fsp3) is 0.649. The van der Waals surface area contributed by atoms with Crippen molar-refractivity contribution >= 4 is 29.8 Å². The van der Waals surface area contributed by atoms with E-state index >= 15 is 0 Å². The number of halogens is 1. The number of unbranched alkanes of at least 4 members (excludes halogenated alkanes) is 14. The summed E-state index contributed by atoms with van der Waals surface area (Å²) in [7, 11) is 0. The summed E-state index contributed by atoms with van der Waals surface area (Å²) in [6, 6.07) is 17.2. The van der Waals surface area contributed by atoms with Gasteiger partial charge < -0.3 is 4.74 Å². The van der Waals surface area contributed by atoms with Gasteiger partial charge in [0.15, 0.2) is 11.5 Å². The number of carbonyl (C=O) groups is 1. The van der Waals surface area contributed by atoms with Gasteiger partial charge in [0.1, 0.15) is 5.75 Å². The summed E-state index contributed by atoms with van der Waals surface area (Å²) in [5.74, 6) is 0.990. The molecule has 2 aromatic carbocycles. The van der Waals surface area contributed by atoms with Crippen LogP contribution in [0, 0.1) is 5.92 Å². The standard InChI is InChI=1S/C37H59NO2.HI/c1-5-7-9-10-11-12-13-14-15-16-17-18-19-21-26-32(3)37(4,38-31-8-6-2)40-35-30-25-24-29-34(35)36(39)33-27-22-20-23-28-33;/h20,22-25,27-30,32,38H,5-19,21,26,31H2,1-4H3;1H. The molecule has 2 atom stereocenters. The molecule has 0 radical (unpaired) electrons. The van der Waals surface area contributed by atoms with Crippen LogP contribution in [0.4, 0.5) is 0 Å². The molecule has 2 aromatic rings. The van der Waals surface area contributed by atoms with E-state index in [2.05, 4.69) is 33.0 Å². The molecule has 0 amide bonds. The molecule has 0 aliphatic rings. The molecule has 232 valence electrons. The molecule has 0 saturated heterocycles. The Hall–Kier alpha value is -1.40. The first-order valence-electron chi connectivity index (χ1n) is 16.6. The smallest absolute Gasteiger partial charge is 0.196 e. The van der Waals surface area contributed by atoms with E-state index in [-0.39, 0.29) is 29.8 Å². The van der Waals surface area contributed by atoms with Crippen LogP contribution >= 0.6 is 24.0 Å². The lowest BCUT2D eigenvalue weighted by Crippen LogP contribution is -2.53. The van der Waals surface area contributed by atoms with Gasteiger partial charge in [0.2, 0.25) is 0 Å². The third-order valence-electron chi connectivity index (χ3n) is 8.43. The second-order valence-corrected chi connectivity index (χ2v) is 12.0. The molecule has 0 saturated carbocycles. The molecule has 4 heteroatoms. The van der Waals surface area contributed by atoms with Gasteiger partial charge >= 0.3 is 0 Å². The van der Waals surface area contributed by atoms with Gasteiger partial charge in [-0.2, -0.15) is 0 Å². The van der Waals surface area contributed by atoms with E-state index in [1.165, 1.54) is 89.9 Å². The zero-order valence-electron chi connectivity index (χ0n) is 26.7. The van der Waals surface area contributed by atoms with Crippen molar-refractivity contribution in [1.82, 2.24) is 5.32 Å². The Labute approximate surface area is 270 Å². The number of rotatable bonds is 24. The zero-order valence-corrected chi connectivity index (χ0v) is 29.1. The molecular formula is C37H60INO2. The third kappa shape index (κ3) is 15.1. The van der Waals surface area contributed by atoms with Crippen LogP contribution in [-0.2, 0) is 0 Å². The van der Waals surface area contributed by atoms with Crippen molar-refractivity contribution in [3.8, 4) is 5.75 Å². The number of hydrogen-bond donors (Lipinski definition) is 1. The summed E-state index contributed by atoms with van der Waals surface area (Å²) in [5.41, 5.74) is 0.786. The second kappa shape index (κ2) is 23.1. The molecule has 0 fully saturated rings. The second-order valence-electron chi connectivity index (χ2n) is 12.0.